The van der Waals surface area contributed by atoms with E-state index >= 15 is 0 Å². The first-order chi connectivity index (χ1) is 11.1. The summed E-state index contributed by atoms with van der Waals surface area (Å²) in [5.41, 5.74) is 1.01. The van der Waals surface area contributed by atoms with Gasteiger partial charge in [0.25, 0.3) is 11.8 Å². The van der Waals surface area contributed by atoms with Gasteiger partial charge in [0.05, 0.1) is 5.69 Å². The van der Waals surface area contributed by atoms with Crippen LogP contribution in [0.4, 0.5) is 10.1 Å². The lowest BCUT2D eigenvalue weighted by atomic mass is 10.1. The van der Waals surface area contributed by atoms with E-state index in [0.717, 1.165) is 0 Å². The van der Waals surface area contributed by atoms with E-state index in [-0.39, 0.29) is 18.4 Å². The van der Waals surface area contributed by atoms with E-state index < -0.39 is 11.9 Å². The van der Waals surface area contributed by atoms with E-state index in [4.69, 9.17) is 4.74 Å². The van der Waals surface area contributed by atoms with Crippen molar-refractivity contribution in [3.05, 3.63) is 59.9 Å². The molecule has 0 aromatic heterocycles. The summed E-state index contributed by atoms with van der Waals surface area (Å²) in [7, 11) is 0. The number of rotatable bonds is 4. The molecule has 0 saturated carbocycles. The predicted octanol–water partition coefficient (Wildman–Crippen LogP) is 2.35. The van der Waals surface area contributed by atoms with E-state index in [1.807, 2.05) is 12.1 Å². The van der Waals surface area contributed by atoms with Crippen LogP contribution in [-0.2, 0) is 4.79 Å². The van der Waals surface area contributed by atoms with Crippen LogP contribution < -0.4 is 15.4 Å². The Morgan fingerprint density at radius 2 is 1.91 bits per heavy atom. The maximum absolute atomic E-state index is 12.8. The molecule has 3 rings (SSSR count). The molecule has 0 bridgehead atoms. The summed E-state index contributed by atoms with van der Waals surface area (Å²) in [6, 6.07) is 12.4. The number of ether oxygens (including phenoxy) is 1. The zero-order chi connectivity index (χ0) is 16.2. The number of para-hydroxylation sites is 2. The number of hydrogen-bond acceptors (Lipinski definition) is 3. The van der Waals surface area contributed by atoms with E-state index in [1.165, 1.54) is 24.3 Å². The molecule has 0 saturated heterocycles. The quantitative estimate of drug-likeness (QED) is 0.910. The standard InChI is InChI=1S/C17H15FN2O3/c18-12-7-5-11(6-8-12)16(21)19-10-9-15-17(22)20-13-3-1-2-4-14(13)23-15/h1-8,15H,9-10H2,(H,19,21)(H,20,22). The molecule has 0 radical (unpaired) electrons. The summed E-state index contributed by atoms with van der Waals surface area (Å²) in [4.78, 5) is 23.9. The van der Waals surface area contributed by atoms with Gasteiger partial charge in [0.15, 0.2) is 6.10 Å². The Morgan fingerprint density at radius 3 is 2.70 bits per heavy atom. The fraction of sp³-hybridized carbons (Fsp3) is 0.176. The molecule has 1 unspecified atom stereocenters. The van der Waals surface area contributed by atoms with Gasteiger partial charge in [-0.3, -0.25) is 9.59 Å². The monoisotopic (exact) mass is 314 g/mol. The number of carbonyl (C=O) groups excluding carboxylic acids is 2. The second kappa shape index (κ2) is 6.48. The second-order valence-electron chi connectivity index (χ2n) is 5.14. The highest BCUT2D eigenvalue weighted by atomic mass is 19.1. The van der Waals surface area contributed by atoms with E-state index in [1.54, 1.807) is 12.1 Å². The Bertz CT molecular complexity index is 731. The van der Waals surface area contributed by atoms with Crippen molar-refractivity contribution in [3.63, 3.8) is 0 Å². The number of fused-ring (bicyclic) bond motifs is 1. The molecule has 118 valence electrons. The van der Waals surface area contributed by atoms with Gasteiger partial charge in [0, 0.05) is 18.5 Å². The number of benzene rings is 2. The van der Waals surface area contributed by atoms with Crippen LogP contribution in [0.3, 0.4) is 0 Å². The average Bonchev–Trinajstić information content (AvgIpc) is 2.56. The molecule has 6 heteroatoms. The highest BCUT2D eigenvalue weighted by molar-refractivity contribution is 5.98. The molecule has 0 fully saturated rings. The minimum absolute atomic E-state index is 0.236. The second-order valence-corrected chi connectivity index (χ2v) is 5.14. The van der Waals surface area contributed by atoms with Crippen molar-refractivity contribution in [2.75, 3.05) is 11.9 Å². The summed E-state index contributed by atoms with van der Waals surface area (Å²) in [6.45, 7) is 0.274. The van der Waals surface area contributed by atoms with Crippen molar-refractivity contribution in [2.24, 2.45) is 0 Å². The maximum atomic E-state index is 12.8. The van der Waals surface area contributed by atoms with E-state index in [2.05, 4.69) is 10.6 Å². The van der Waals surface area contributed by atoms with Crippen molar-refractivity contribution >= 4 is 17.5 Å². The highest BCUT2D eigenvalue weighted by Crippen LogP contribution is 2.29. The Labute approximate surface area is 132 Å². The van der Waals surface area contributed by atoms with Crippen molar-refractivity contribution in [2.45, 2.75) is 12.5 Å². The summed E-state index contributed by atoms with van der Waals surface area (Å²) in [5, 5.41) is 5.46. The van der Waals surface area contributed by atoms with Crippen LogP contribution in [0.15, 0.2) is 48.5 Å². The topological polar surface area (TPSA) is 67.4 Å². The number of nitrogens with one attached hydrogen (secondary N) is 2. The third-order valence-electron chi connectivity index (χ3n) is 3.51. The Hall–Kier alpha value is -2.89. The van der Waals surface area contributed by atoms with Crippen LogP contribution >= 0.6 is 0 Å². The Kier molecular flexibility index (Phi) is 4.23. The Morgan fingerprint density at radius 1 is 1.17 bits per heavy atom. The molecule has 0 spiro atoms. The van der Waals surface area contributed by atoms with Crippen molar-refractivity contribution in [1.82, 2.24) is 5.32 Å². The molecule has 1 aliphatic rings. The van der Waals surface area contributed by atoms with Crippen LogP contribution in [0.1, 0.15) is 16.8 Å². The largest absolute Gasteiger partial charge is 0.478 e. The highest BCUT2D eigenvalue weighted by Gasteiger charge is 2.26. The minimum atomic E-state index is -0.654. The van der Waals surface area contributed by atoms with Gasteiger partial charge in [-0.2, -0.15) is 0 Å². The Balaban J connectivity index is 1.54. The maximum Gasteiger partial charge on any atom is 0.265 e. The zero-order valence-corrected chi connectivity index (χ0v) is 12.2. The van der Waals surface area contributed by atoms with E-state index in [0.29, 0.717) is 23.4 Å². The summed E-state index contributed by atoms with van der Waals surface area (Å²) >= 11 is 0. The number of halogens is 1. The summed E-state index contributed by atoms with van der Waals surface area (Å²) in [5.74, 6) is -0.337. The molecule has 2 N–H and O–H groups in total. The van der Waals surface area contributed by atoms with Crippen LogP contribution in [-0.4, -0.2) is 24.5 Å². The van der Waals surface area contributed by atoms with Gasteiger partial charge in [-0.1, -0.05) is 12.1 Å². The molecule has 5 nitrogen and oxygen atoms in total. The van der Waals surface area contributed by atoms with Gasteiger partial charge < -0.3 is 15.4 Å². The van der Waals surface area contributed by atoms with Crippen LogP contribution in [0.2, 0.25) is 0 Å². The first-order valence-corrected chi connectivity index (χ1v) is 7.24. The smallest absolute Gasteiger partial charge is 0.265 e. The molecular formula is C17H15FN2O3. The average molecular weight is 314 g/mol. The van der Waals surface area contributed by atoms with Crippen LogP contribution in [0.25, 0.3) is 0 Å². The van der Waals surface area contributed by atoms with Crippen LogP contribution in [0, 0.1) is 5.82 Å². The number of hydrogen-bond donors (Lipinski definition) is 2. The molecule has 2 aromatic rings. The number of anilines is 1. The molecule has 23 heavy (non-hydrogen) atoms. The molecule has 2 aromatic carbocycles. The van der Waals surface area contributed by atoms with Gasteiger partial charge >= 0.3 is 0 Å². The first kappa shape index (κ1) is 15.0. The SMILES string of the molecule is O=C(NCCC1Oc2ccccc2NC1=O)c1ccc(F)cc1. The molecule has 2 amide bonds. The van der Waals surface area contributed by atoms with Gasteiger partial charge in [-0.05, 0) is 36.4 Å². The third kappa shape index (κ3) is 3.48. The molecular weight excluding hydrogens is 299 g/mol. The molecule has 1 heterocycles. The molecule has 0 aliphatic carbocycles. The summed E-state index contributed by atoms with van der Waals surface area (Å²) < 4.78 is 18.5. The lowest BCUT2D eigenvalue weighted by molar-refractivity contribution is -0.123. The first-order valence-electron chi connectivity index (χ1n) is 7.24. The van der Waals surface area contributed by atoms with Gasteiger partial charge in [0.2, 0.25) is 0 Å². The van der Waals surface area contributed by atoms with Gasteiger partial charge in [-0.15, -0.1) is 0 Å². The fourth-order valence-corrected chi connectivity index (χ4v) is 2.30. The lowest BCUT2D eigenvalue weighted by Gasteiger charge is -2.25. The normalized spacial score (nSPS) is 16.0. The van der Waals surface area contributed by atoms with Crippen molar-refractivity contribution in [1.29, 1.82) is 0 Å². The third-order valence-corrected chi connectivity index (χ3v) is 3.51. The molecule has 1 aliphatic heterocycles. The van der Waals surface area contributed by atoms with Crippen molar-refractivity contribution in [3.8, 4) is 5.75 Å². The predicted molar refractivity (Wildman–Crippen MR) is 82.8 cm³/mol. The van der Waals surface area contributed by atoms with E-state index in [9.17, 15) is 14.0 Å². The fourth-order valence-electron chi connectivity index (χ4n) is 2.30. The van der Waals surface area contributed by atoms with Crippen molar-refractivity contribution < 1.29 is 18.7 Å². The zero-order valence-electron chi connectivity index (χ0n) is 12.2. The lowest BCUT2D eigenvalue weighted by Crippen LogP contribution is -2.39. The van der Waals surface area contributed by atoms with Gasteiger partial charge in [0.1, 0.15) is 11.6 Å². The van der Waals surface area contributed by atoms with Crippen LogP contribution in [0.5, 0.6) is 5.75 Å². The summed E-state index contributed by atoms with van der Waals surface area (Å²) in [6.07, 6.45) is -0.314. The number of carbonyl (C=O) groups is 2. The minimum Gasteiger partial charge on any atom is -0.478 e. The number of amides is 2. The van der Waals surface area contributed by atoms with Gasteiger partial charge in [-0.25, -0.2) is 4.39 Å². The molecule has 1 atom stereocenters.